The van der Waals surface area contributed by atoms with Gasteiger partial charge in [-0.05, 0) is 38.5 Å². The topological polar surface area (TPSA) is 55.1 Å². The Balaban J connectivity index is 2.23. The quantitative estimate of drug-likeness (QED) is 0.705. The lowest BCUT2D eigenvalue weighted by atomic mass is 9.99. The molecule has 0 bridgehead atoms. The Morgan fingerprint density at radius 3 is 2.47 bits per heavy atom. The minimum atomic E-state index is -0.397. The first-order valence-electron chi connectivity index (χ1n) is 5.92. The fourth-order valence-corrected chi connectivity index (χ4v) is 1.98. The zero-order chi connectivity index (χ0) is 11.5. The fourth-order valence-electron chi connectivity index (χ4n) is 1.98. The average Bonchev–Trinajstić information content (AvgIpc) is 2.80. The van der Waals surface area contributed by atoms with Gasteiger partial charge >= 0.3 is 0 Å². The number of rotatable bonds is 6. The van der Waals surface area contributed by atoms with Crippen molar-refractivity contribution in [2.24, 2.45) is 11.1 Å². The molecule has 0 radical (unpaired) electrons. The van der Waals surface area contributed by atoms with E-state index in [0.717, 1.165) is 6.54 Å². The van der Waals surface area contributed by atoms with Gasteiger partial charge in [0.2, 0.25) is 5.91 Å². The Hall–Kier alpha value is -0.570. The number of nitrogens with one attached hydrogen (secondary N) is 1. The van der Waals surface area contributed by atoms with E-state index in [1.807, 2.05) is 13.8 Å². The number of amides is 1. The van der Waals surface area contributed by atoms with Crippen molar-refractivity contribution in [1.82, 2.24) is 5.32 Å². The molecule has 1 fully saturated rings. The second-order valence-electron chi connectivity index (χ2n) is 5.69. The average molecular weight is 212 g/mol. The maximum atomic E-state index is 11.5. The van der Waals surface area contributed by atoms with Gasteiger partial charge in [0.15, 0.2) is 0 Å². The van der Waals surface area contributed by atoms with Crippen molar-refractivity contribution < 1.29 is 4.79 Å². The van der Waals surface area contributed by atoms with Gasteiger partial charge in [0.05, 0.1) is 0 Å². The first-order chi connectivity index (χ1) is 6.87. The molecular weight excluding hydrogens is 188 g/mol. The SMILES string of the molecule is CCCC1(CNC(=O)CC(C)(C)N)CC1. The Labute approximate surface area is 92.8 Å². The van der Waals surface area contributed by atoms with Gasteiger partial charge in [-0.3, -0.25) is 4.79 Å². The van der Waals surface area contributed by atoms with E-state index in [-0.39, 0.29) is 5.91 Å². The highest BCUT2D eigenvalue weighted by Gasteiger charge is 2.41. The van der Waals surface area contributed by atoms with Gasteiger partial charge in [0.25, 0.3) is 0 Å². The number of carbonyl (C=O) groups excluding carboxylic acids is 1. The van der Waals surface area contributed by atoms with E-state index in [4.69, 9.17) is 5.73 Å². The lowest BCUT2D eigenvalue weighted by molar-refractivity contribution is -0.122. The Morgan fingerprint density at radius 2 is 2.07 bits per heavy atom. The van der Waals surface area contributed by atoms with Crippen LogP contribution in [0.3, 0.4) is 0 Å². The van der Waals surface area contributed by atoms with E-state index in [9.17, 15) is 4.79 Å². The van der Waals surface area contributed by atoms with Crippen LogP contribution >= 0.6 is 0 Å². The van der Waals surface area contributed by atoms with Crippen molar-refractivity contribution >= 4 is 5.91 Å². The summed E-state index contributed by atoms with van der Waals surface area (Å²) in [7, 11) is 0. The summed E-state index contributed by atoms with van der Waals surface area (Å²) in [5, 5.41) is 3.01. The Morgan fingerprint density at radius 1 is 1.47 bits per heavy atom. The summed E-state index contributed by atoms with van der Waals surface area (Å²) in [4.78, 5) is 11.5. The summed E-state index contributed by atoms with van der Waals surface area (Å²) in [5.41, 5.74) is 5.83. The van der Waals surface area contributed by atoms with Gasteiger partial charge in [-0.25, -0.2) is 0 Å². The molecule has 0 aromatic heterocycles. The minimum absolute atomic E-state index is 0.0879. The van der Waals surface area contributed by atoms with Gasteiger partial charge in [0.1, 0.15) is 0 Å². The minimum Gasteiger partial charge on any atom is -0.355 e. The molecule has 0 unspecified atom stereocenters. The molecule has 15 heavy (non-hydrogen) atoms. The highest BCUT2D eigenvalue weighted by molar-refractivity contribution is 5.77. The van der Waals surface area contributed by atoms with Gasteiger partial charge in [0, 0.05) is 18.5 Å². The normalized spacial score (nSPS) is 18.7. The molecule has 3 heteroatoms. The van der Waals surface area contributed by atoms with Gasteiger partial charge in [-0.15, -0.1) is 0 Å². The first-order valence-corrected chi connectivity index (χ1v) is 5.92. The summed E-state index contributed by atoms with van der Waals surface area (Å²) in [6.07, 6.45) is 5.40. The van der Waals surface area contributed by atoms with Crippen LogP contribution < -0.4 is 11.1 Å². The van der Waals surface area contributed by atoms with Crippen LogP contribution in [-0.4, -0.2) is 18.0 Å². The van der Waals surface area contributed by atoms with Crippen LogP contribution in [0.25, 0.3) is 0 Å². The zero-order valence-corrected chi connectivity index (χ0v) is 10.2. The van der Waals surface area contributed by atoms with Gasteiger partial charge < -0.3 is 11.1 Å². The molecule has 3 N–H and O–H groups in total. The summed E-state index contributed by atoms with van der Waals surface area (Å²) in [6, 6.07) is 0. The van der Waals surface area contributed by atoms with E-state index < -0.39 is 5.54 Å². The molecule has 0 spiro atoms. The van der Waals surface area contributed by atoms with Crippen LogP contribution in [0, 0.1) is 5.41 Å². The molecule has 0 aromatic rings. The lowest BCUT2D eigenvalue weighted by Crippen LogP contribution is -2.40. The highest BCUT2D eigenvalue weighted by atomic mass is 16.1. The maximum absolute atomic E-state index is 11.5. The molecule has 0 heterocycles. The van der Waals surface area contributed by atoms with Crippen LogP contribution in [0.1, 0.15) is 52.9 Å². The Kier molecular flexibility index (Phi) is 3.77. The number of nitrogens with two attached hydrogens (primary N) is 1. The second kappa shape index (κ2) is 4.52. The van der Waals surface area contributed by atoms with Crippen molar-refractivity contribution in [2.45, 2.75) is 58.4 Å². The number of carbonyl (C=O) groups is 1. The maximum Gasteiger partial charge on any atom is 0.221 e. The van der Waals surface area contributed by atoms with Crippen molar-refractivity contribution in [2.75, 3.05) is 6.54 Å². The molecule has 0 aliphatic heterocycles. The molecular formula is C12H24N2O. The van der Waals surface area contributed by atoms with Crippen molar-refractivity contribution in [1.29, 1.82) is 0 Å². The van der Waals surface area contributed by atoms with E-state index in [1.165, 1.54) is 25.7 Å². The van der Waals surface area contributed by atoms with E-state index in [1.54, 1.807) is 0 Å². The molecule has 1 saturated carbocycles. The summed E-state index contributed by atoms with van der Waals surface area (Å²) in [6.45, 7) is 6.80. The van der Waals surface area contributed by atoms with E-state index in [0.29, 0.717) is 11.8 Å². The lowest BCUT2D eigenvalue weighted by Gasteiger charge is -2.20. The predicted octanol–water partition coefficient (Wildman–Crippen LogP) is 1.81. The molecule has 3 nitrogen and oxygen atoms in total. The van der Waals surface area contributed by atoms with Gasteiger partial charge in [-0.2, -0.15) is 0 Å². The fraction of sp³-hybridized carbons (Fsp3) is 0.917. The second-order valence-corrected chi connectivity index (χ2v) is 5.69. The van der Waals surface area contributed by atoms with Crippen LogP contribution in [0.5, 0.6) is 0 Å². The predicted molar refractivity (Wildman–Crippen MR) is 62.5 cm³/mol. The van der Waals surface area contributed by atoms with Crippen LogP contribution in [0.15, 0.2) is 0 Å². The molecule has 88 valence electrons. The standard InChI is InChI=1S/C12H24N2O/c1-4-5-12(6-7-12)9-14-10(15)8-11(2,3)13/h4-9,13H2,1-3H3,(H,14,15). The van der Waals surface area contributed by atoms with Crippen molar-refractivity contribution in [3.8, 4) is 0 Å². The smallest absolute Gasteiger partial charge is 0.221 e. The van der Waals surface area contributed by atoms with Crippen molar-refractivity contribution in [3.05, 3.63) is 0 Å². The highest BCUT2D eigenvalue weighted by Crippen LogP contribution is 2.48. The van der Waals surface area contributed by atoms with Crippen LogP contribution in [0.2, 0.25) is 0 Å². The van der Waals surface area contributed by atoms with Crippen LogP contribution in [-0.2, 0) is 4.79 Å². The molecule has 1 aliphatic rings. The third-order valence-electron chi connectivity index (χ3n) is 3.01. The third kappa shape index (κ3) is 4.65. The number of hydrogen-bond donors (Lipinski definition) is 2. The van der Waals surface area contributed by atoms with E-state index in [2.05, 4.69) is 12.2 Å². The summed E-state index contributed by atoms with van der Waals surface area (Å²) in [5.74, 6) is 0.0879. The van der Waals surface area contributed by atoms with Crippen LogP contribution in [0.4, 0.5) is 0 Å². The van der Waals surface area contributed by atoms with Crippen molar-refractivity contribution in [3.63, 3.8) is 0 Å². The monoisotopic (exact) mass is 212 g/mol. The van der Waals surface area contributed by atoms with Gasteiger partial charge in [-0.1, -0.05) is 13.3 Å². The first kappa shape index (κ1) is 12.5. The largest absolute Gasteiger partial charge is 0.355 e. The molecule has 1 rings (SSSR count). The molecule has 1 aliphatic carbocycles. The Bertz CT molecular complexity index is 226. The summed E-state index contributed by atoms with van der Waals surface area (Å²) < 4.78 is 0. The molecule has 0 saturated heterocycles. The molecule has 0 aromatic carbocycles. The van der Waals surface area contributed by atoms with E-state index >= 15 is 0 Å². The third-order valence-corrected chi connectivity index (χ3v) is 3.01. The zero-order valence-electron chi connectivity index (χ0n) is 10.2. The molecule has 0 atom stereocenters. The number of hydrogen-bond acceptors (Lipinski definition) is 2. The summed E-state index contributed by atoms with van der Waals surface area (Å²) >= 11 is 0. The molecule has 1 amide bonds.